The molecule has 0 spiro atoms. The van der Waals surface area contributed by atoms with Crippen molar-refractivity contribution >= 4 is 0 Å². The Labute approximate surface area is 109 Å². The van der Waals surface area contributed by atoms with Gasteiger partial charge in [0.05, 0.1) is 0 Å². The lowest BCUT2D eigenvalue weighted by Gasteiger charge is -2.22. The molecule has 0 aliphatic carbocycles. The van der Waals surface area contributed by atoms with Gasteiger partial charge in [-0.25, -0.2) is 0 Å². The second-order valence-corrected chi connectivity index (χ2v) is 5.73. The highest BCUT2D eigenvalue weighted by atomic mass is 15.1. The van der Waals surface area contributed by atoms with Crippen molar-refractivity contribution in [1.82, 2.24) is 4.90 Å². The average molecular weight is 242 g/mol. The Hall–Kier alpha value is -0.0800. The predicted octanol–water partition coefficient (Wildman–Crippen LogP) is 3.51. The Balaban J connectivity index is 3.58. The van der Waals surface area contributed by atoms with Crippen LogP contribution in [0.2, 0.25) is 0 Å². The molecular formula is C15H34N2. The molecule has 1 unspecified atom stereocenters. The van der Waals surface area contributed by atoms with Crippen molar-refractivity contribution in [3.8, 4) is 0 Å². The van der Waals surface area contributed by atoms with Gasteiger partial charge in [0.2, 0.25) is 0 Å². The largest absolute Gasteiger partial charge is 0.330 e. The maximum absolute atomic E-state index is 5.67. The lowest BCUT2D eigenvalue weighted by molar-refractivity contribution is 0.279. The van der Waals surface area contributed by atoms with Gasteiger partial charge in [0.15, 0.2) is 0 Å². The van der Waals surface area contributed by atoms with Crippen molar-refractivity contribution in [3.63, 3.8) is 0 Å². The van der Waals surface area contributed by atoms with Gasteiger partial charge in [0, 0.05) is 0 Å². The molecule has 0 amide bonds. The van der Waals surface area contributed by atoms with Crippen molar-refractivity contribution in [3.05, 3.63) is 0 Å². The first kappa shape index (κ1) is 16.9. The molecule has 0 saturated carbocycles. The number of hydrogen-bond acceptors (Lipinski definition) is 2. The number of nitrogens with two attached hydrogens (primary N) is 1. The van der Waals surface area contributed by atoms with Crippen LogP contribution in [0.15, 0.2) is 0 Å². The quantitative estimate of drug-likeness (QED) is 0.562. The van der Waals surface area contributed by atoms with Gasteiger partial charge in [-0.15, -0.1) is 0 Å². The van der Waals surface area contributed by atoms with Crippen LogP contribution in [0.5, 0.6) is 0 Å². The molecule has 0 saturated heterocycles. The number of rotatable bonds is 11. The summed E-state index contributed by atoms with van der Waals surface area (Å²) in [6.07, 6.45) is 7.89. The third-order valence-electron chi connectivity index (χ3n) is 3.74. The third kappa shape index (κ3) is 9.61. The zero-order chi connectivity index (χ0) is 13.1. The summed E-state index contributed by atoms with van der Waals surface area (Å²) in [5.41, 5.74) is 5.67. The zero-order valence-electron chi connectivity index (χ0n) is 12.5. The fraction of sp³-hybridized carbons (Fsp3) is 1.00. The van der Waals surface area contributed by atoms with Crippen LogP contribution in [0.4, 0.5) is 0 Å². The van der Waals surface area contributed by atoms with E-state index in [1.165, 1.54) is 51.6 Å². The van der Waals surface area contributed by atoms with Crippen LogP contribution in [0.25, 0.3) is 0 Å². The molecule has 2 nitrogen and oxygen atoms in total. The van der Waals surface area contributed by atoms with E-state index in [-0.39, 0.29) is 0 Å². The van der Waals surface area contributed by atoms with Crippen LogP contribution in [0.3, 0.4) is 0 Å². The predicted molar refractivity (Wildman–Crippen MR) is 78.3 cm³/mol. The summed E-state index contributed by atoms with van der Waals surface area (Å²) in [5, 5.41) is 0. The number of hydrogen-bond donors (Lipinski definition) is 1. The highest BCUT2D eigenvalue weighted by Crippen LogP contribution is 2.20. The summed E-state index contributed by atoms with van der Waals surface area (Å²) < 4.78 is 0. The molecule has 2 N–H and O–H groups in total. The Morgan fingerprint density at radius 2 is 1.65 bits per heavy atom. The van der Waals surface area contributed by atoms with E-state index < -0.39 is 0 Å². The van der Waals surface area contributed by atoms with Crippen molar-refractivity contribution in [2.75, 3.05) is 26.7 Å². The van der Waals surface area contributed by atoms with Crippen LogP contribution in [-0.2, 0) is 0 Å². The Morgan fingerprint density at radius 1 is 1.00 bits per heavy atom. The molecule has 2 heteroatoms. The Morgan fingerprint density at radius 3 is 2.18 bits per heavy atom. The van der Waals surface area contributed by atoms with Gasteiger partial charge in [-0.1, -0.05) is 33.6 Å². The molecule has 0 aromatic rings. The third-order valence-corrected chi connectivity index (χ3v) is 3.74. The van der Waals surface area contributed by atoms with Crippen LogP contribution in [0, 0.1) is 11.8 Å². The summed E-state index contributed by atoms with van der Waals surface area (Å²) >= 11 is 0. The maximum Gasteiger partial charge on any atom is -0.00217 e. The van der Waals surface area contributed by atoms with Crippen LogP contribution in [0.1, 0.15) is 59.3 Å². The summed E-state index contributed by atoms with van der Waals surface area (Å²) in [7, 11) is 2.25. The molecule has 0 fully saturated rings. The fourth-order valence-electron chi connectivity index (χ4n) is 2.39. The zero-order valence-corrected chi connectivity index (χ0v) is 12.5. The van der Waals surface area contributed by atoms with E-state index in [1.807, 2.05) is 0 Å². The van der Waals surface area contributed by atoms with Crippen LogP contribution >= 0.6 is 0 Å². The Bertz CT molecular complexity index is 157. The first-order chi connectivity index (χ1) is 8.11. The molecule has 1 atom stereocenters. The van der Waals surface area contributed by atoms with Crippen molar-refractivity contribution in [2.24, 2.45) is 17.6 Å². The SMILES string of the molecule is CCCCCN(C)CCCC(CCN)C(C)C. The lowest BCUT2D eigenvalue weighted by Crippen LogP contribution is -2.22. The molecule has 104 valence electrons. The van der Waals surface area contributed by atoms with Crippen LogP contribution < -0.4 is 5.73 Å². The molecule has 0 aromatic heterocycles. The van der Waals surface area contributed by atoms with E-state index in [1.54, 1.807) is 0 Å². The molecule has 0 bridgehead atoms. The highest BCUT2D eigenvalue weighted by molar-refractivity contribution is 4.65. The van der Waals surface area contributed by atoms with Crippen molar-refractivity contribution in [1.29, 1.82) is 0 Å². The Kier molecular flexibility index (Phi) is 11.0. The van der Waals surface area contributed by atoms with E-state index in [2.05, 4.69) is 32.7 Å². The summed E-state index contributed by atoms with van der Waals surface area (Å²) in [6.45, 7) is 10.3. The second kappa shape index (κ2) is 11.0. The van der Waals surface area contributed by atoms with Gasteiger partial charge >= 0.3 is 0 Å². The maximum atomic E-state index is 5.67. The minimum atomic E-state index is 0.781. The fourth-order valence-corrected chi connectivity index (χ4v) is 2.39. The minimum Gasteiger partial charge on any atom is -0.330 e. The lowest BCUT2D eigenvalue weighted by atomic mass is 9.88. The highest BCUT2D eigenvalue weighted by Gasteiger charge is 2.12. The van der Waals surface area contributed by atoms with Gasteiger partial charge in [-0.05, 0) is 64.2 Å². The first-order valence-electron chi connectivity index (χ1n) is 7.50. The van der Waals surface area contributed by atoms with Gasteiger partial charge < -0.3 is 10.6 Å². The van der Waals surface area contributed by atoms with Gasteiger partial charge in [0.1, 0.15) is 0 Å². The summed E-state index contributed by atoms with van der Waals surface area (Å²) in [4.78, 5) is 2.48. The van der Waals surface area contributed by atoms with E-state index in [9.17, 15) is 0 Å². The van der Waals surface area contributed by atoms with Crippen LogP contribution in [-0.4, -0.2) is 31.6 Å². The van der Waals surface area contributed by atoms with Gasteiger partial charge in [0.25, 0.3) is 0 Å². The van der Waals surface area contributed by atoms with E-state index in [4.69, 9.17) is 5.73 Å². The molecule has 0 aliphatic heterocycles. The van der Waals surface area contributed by atoms with Crippen molar-refractivity contribution < 1.29 is 0 Å². The molecule has 0 aliphatic rings. The average Bonchev–Trinajstić information content (AvgIpc) is 2.28. The van der Waals surface area contributed by atoms with E-state index >= 15 is 0 Å². The monoisotopic (exact) mass is 242 g/mol. The topological polar surface area (TPSA) is 29.3 Å². The van der Waals surface area contributed by atoms with Crippen molar-refractivity contribution in [2.45, 2.75) is 59.3 Å². The molecule has 0 radical (unpaired) electrons. The molecular weight excluding hydrogens is 208 g/mol. The molecule has 0 aromatic carbocycles. The smallest absolute Gasteiger partial charge is 0.00217 e. The normalized spacial score (nSPS) is 13.6. The van der Waals surface area contributed by atoms with Gasteiger partial charge in [-0.2, -0.15) is 0 Å². The standard InChI is InChI=1S/C15H34N2/c1-5-6-7-12-17(4)13-8-9-15(10-11-16)14(2)3/h14-15H,5-13,16H2,1-4H3. The second-order valence-electron chi connectivity index (χ2n) is 5.73. The first-order valence-corrected chi connectivity index (χ1v) is 7.50. The van der Waals surface area contributed by atoms with Gasteiger partial charge in [-0.3, -0.25) is 0 Å². The van der Waals surface area contributed by atoms with E-state index in [0.717, 1.165) is 18.4 Å². The molecule has 0 rings (SSSR count). The minimum absolute atomic E-state index is 0.781. The molecule has 0 heterocycles. The molecule has 17 heavy (non-hydrogen) atoms. The summed E-state index contributed by atoms with van der Waals surface area (Å²) in [5.74, 6) is 1.60. The number of nitrogens with zero attached hydrogens (tertiary/aromatic N) is 1. The summed E-state index contributed by atoms with van der Waals surface area (Å²) in [6, 6.07) is 0. The van der Waals surface area contributed by atoms with E-state index in [0.29, 0.717) is 0 Å². The number of unbranched alkanes of at least 4 members (excludes halogenated alkanes) is 2.